The van der Waals surface area contributed by atoms with Gasteiger partial charge in [0.2, 0.25) is 0 Å². The standard InChI is InChI=1S/C11H16O4/c1-11(2,3)8(4-6-9(12)13)5-7-10(14)15/h4-8H,1-3H3,(H,12,13)(H,14,15). The second-order valence-corrected chi connectivity index (χ2v) is 4.29. The predicted octanol–water partition coefficient (Wildman–Crippen LogP) is 1.93. The number of carboxylic acid groups (broad SMARTS) is 2. The van der Waals surface area contributed by atoms with Gasteiger partial charge in [-0.25, -0.2) is 9.59 Å². The molecule has 84 valence electrons. The molecule has 0 aliphatic heterocycles. The summed E-state index contributed by atoms with van der Waals surface area (Å²) in [5.41, 5.74) is -0.210. The van der Waals surface area contributed by atoms with Gasteiger partial charge in [0.1, 0.15) is 0 Å². The summed E-state index contributed by atoms with van der Waals surface area (Å²) in [6.07, 6.45) is 5.04. The highest BCUT2D eigenvalue weighted by molar-refractivity contribution is 5.80. The van der Waals surface area contributed by atoms with E-state index >= 15 is 0 Å². The van der Waals surface area contributed by atoms with Crippen molar-refractivity contribution in [3.63, 3.8) is 0 Å². The largest absolute Gasteiger partial charge is 0.478 e. The van der Waals surface area contributed by atoms with Gasteiger partial charge in [0.25, 0.3) is 0 Å². The van der Waals surface area contributed by atoms with Crippen LogP contribution in [-0.4, -0.2) is 22.2 Å². The summed E-state index contributed by atoms with van der Waals surface area (Å²) >= 11 is 0. The molecule has 0 amide bonds. The zero-order chi connectivity index (χ0) is 12.1. The van der Waals surface area contributed by atoms with Crippen LogP contribution in [0.4, 0.5) is 0 Å². The van der Waals surface area contributed by atoms with Gasteiger partial charge < -0.3 is 10.2 Å². The maximum absolute atomic E-state index is 10.3. The highest BCUT2D eigenvalue weighted by Gasteiger charge is 2.19. The summed E-state index contributed by atoms with van der Waals surface area (Å²) < 4.78 is 0. The Labute approximate surface area is 88.9 Å². The van der Waals surface area contributed by atoms with Crippen molar-refractivity contribution in [3.8, 4) is 0 Å². The summed E-state index contributed by atoms with van der Waals surface area (Å²) in [5.74, 6) is -2.29. The summed E-state index contributed by atoms with van der Waals surface area (Å²) in [6.45, 7) is 5.74. The molecule has 2 N–H and O–H groups in total. The first-order valence-corrected chi connectivity index (χ1v) is 4.55. The number of hydrogen-bond donors (Lipinski definition) is 2. The fraction of sp³-hybridized carbons (Fsp3) is 0.455. The summed E-state index contributed by atoms with van der Waals surface area (Å²) in [5, 5.41) is 17.0. The van der Waals surface area contributed by atoms with E-state index in [2.05, 4.69) is 0 Å². The molecule has 0 aromatic heterocycles. The number of allylic oxidation sites excluding steroid dienone is 2. The van der Waals surface area contributed by atoms with Gasteiger partial charge in [0.05, 0.1) is 0 Å². The molecule has 0 aromatic carbocycles. The van der Waals surface area contributed by atoms with E-state index < -0.39 is 11.9 Å². The molecule has 0 saturated carbocycles. The SMILES string of the molecule is CC(C)(C)C(C=CC(=O)O)C=CC(=O)O. The van der Waals surface area contributed by atoms with E-state index in [0.717, 1.165) is 12.2 Å². The summed E-state index contributed by atoms with van der Waals surface area (Å²) in [4.78, 5) is 20.7. The number of hydrogen-bond acceptors (Lipinski definition) is 2. The molecule has 0 spiro atoms. The molecular formula is C11H16O4. The van der Waals surface area contributed by atoms with Crippen molar-refractivity contribution in [3.05, 3.63) is 24.3 Å². The first-order valence-electron chi connectivity index (χ1n) is 4.55. The number of carboxylic acids is 2. The van der Waals surface area contributed by atoms with E-state index in [1.165, 1.54) is 12.2 Å². The van der Waals surface area contributed by atoms with Gasteiger partial charge in [0.15, 0.2) is 0 Å². The Bertz CT molecular complexity index is 270. The quantitative estimate of drug-likeness (QED) is 0.698. The molecule has 0 heterocycles. The number of aliphatic carboxylic acids is 2. The first-order chi connectivity index (χ1) is 6.73. The van der Waals surface area contributed by atoms with Crippen molar-refractivity contribution in [2.45, 2.75) is 20.8 Å². The van der Waals surface area contributed by atoms with Gasteiger partial charge in [0, 0.05) is 18.1 Å². The van der Waals surface area contributed by atoms with E-state index in [0.29, 0.717) is 0 Å². The molecular weight excluding hydrogens is 196 g/mol. The normalized spacial score (nSPS) is 14.6. The van der Waals surface area contributed by atoms with Crippen molar-refractivity contribution in [1.82, 2.24) is 0 Å². The van der Waals surface area contributed by atoms with Crippen LogP contribution >= 0.6 is 0 Å². The maximum atomic E-state index is 10.3. The Morgan fingerprint density at radius 1 is 1.00 bits per heavy atom. The Balaban J connectivity index is 4.75. The average molecular weight is 212 g/mol. The van der Waals surface area contributed by atoms with Crippen molar-refractivity contribution < 1.29 is 19.8 Å². The van der Waals surface area contributed by atoms with Crippen LogP contribution in [0.5, 0.6) is 0 Å². The Morgan fingerprint density at radius 3 is 1.53 bits per heavy atom. The predicted molar refractivity (Wildman–Crippen MR) is 56.5 cm³/mol. The molecule has 0 rings (SSSR count). The molecule has 15 heavy (non-hydrogen) atoms. The van der Waals surface area contributed by atoms with E-state index in [-0.39, 0.29) is 11.3 Å². The molecule has 4 heteroatoms. The van der Waals surface area contributed by atoms with Crippen molar-refractivity contribution >= 4 is 11.9 Å². The van der Waals surface area contributed by atoms with Crippen LogP contribution in [0.15, 0.2) is 24.3 Å². The molecule has 0 bridgehead atoms. The number of carbonyl (C=O) groups is 2. The second-order valence-electron chi connectivity index (χ2n) is 4.29. The van der Waals surface area contributed by atoms with Crippen molar-refractivity contribution in [1.29, 1.82) is 0 Å². The lowest BCUT2D eigenvalue weighted by Gasteiger charge is -2.24. The van der Waals surface area contributed by atoms with Gasteiger partial charge in [-0.3, -0.25) is 0 Å². The zero-order valence-electron chi connectivity index (χ0n) is 9.10. The highest BCUT2D eigenvalue weighted by Crippen LogP contribution is 2.28. The van der Waals surface area contributed by atoms with E-state index in [9.17, 15) is 9.59 Å². The minimum absolute atomic E-state index is 0.210. The highest BCUT2D eigenvalue weighted by atomic mass is 16.4. The maximum Gasteiger partial charge on any atom is 0.327 e. The Kier molecular flexibility index (Phi) is 4.78. The molecule has 0 aromatic rings. The lowest BCUT2D eigenvalue weighted by Crippen LogP contribution is -2.17. The fourth-order valence-corrected chi connectivity index (χ4v) is 1.01. The van der Waals surface area contributed by atoms with Gasteiger partial charge in [-0.1, -0.05) is 32.9 Å². The van der Waals surface area contributed by atoms with E-state index in [1.807, 2.05) is 20.8 Å². The van der Waals surface area contributed by atoms with Crippen LogP contribution in [0.25, 0.3) is 0 Å². The number of rotatable bonds is 4. The lowest BCUT2D eigenvalue weighted by atomic mass is 9.80. The third-order valence-electron chi connectivity index (χ3n) is 1.89. The monoisotopic (exact) mass is 212 g/mol. The molecule has 0 unspecified atom stereocenters. The van der Waals surface area contributed by atoms with Gasteiger partial charge >= 0.3 is 11.9 Å². The van der Waals surface area contributed by atoms with Crippen molar-refractivity contribution in [2.75, 3.05) is 0 Å². The molecule has 0 radical (unpaired) electrons. The minimum atomic E-state index is -1.03. The van der Waals surface area contributed by atoms with Gasteiger partial charge in [-0.2, -0.15) is 0 Å². The smallest absolute Gasteiger partial charge is 0.327 e. The van der Waals surface area contributed by atoms with E-state index in [1.54, 1.807) is 0 Å². The van der Waals surface area contributed by atoms with Crippen LogP contribution in [0.2, 0.25) is 0 Å². The topological polar surface area (TPSA) is 74.6 Å². The third kappa shape index (κ3) is 6.49. The van der Waals surface area contributed by atoms with Crippen molar-refractivity contribution in [2.24, 2.45) is 11.3 Å². The van der Waals surface area contributed by atoms with Gasteiger partial charge in [-0.15, -0.1) is 0 Å². The van der Waals surface area contributed by atoms with E-state index in [4.69, 9.17) is 10.2 Å². The molecule has 0 aliphatic rings. The third-order valence-corrected chi connectivity index (χ3v) is 1.89. The molecule has 0 atom stereocenters. The molecule has 0 aliphatic carbocycles. The van der Waals surface area contributed by atoms with Crippen LogP contribution in [-0.2, 0) is 9.59 Å². The fourth-order valence-electron chi connectivity index (χ4n) is 1.01. The summed E-state index contributed by atoms with van der Waals surface area (Å²) in [6, 6.07) is 0. The van der Waals surface area contributed by atoms with Crippen LogP contribution in [0.3, 0.4) is 0 Å². The second kappa shape index (κ2) is 5.34. The first kappa shape index (κ1) is 13.4. The minimum Gasteiger partial charge on any atom is -0.478 e. The van der Waals surface area contributed by atoms with Crippen LogP contribution in [0.1, 0.15) is 20.8 Å². The Morgan fingerprint density at radius 2 is 1.33 bits per heavy atom. The lowest BCUT2D eigenvalue weighted by molar-refractivity contribution is -0.132. The van der Waals surface area contributed by atoms with Crippen LogP contribution < -0.4 is 0 Å². The molecule has 0 fully saturated rings. The molecule has 0 saturated heterocycles. The zero-order valence-corrected chi connectivity index (χ0v) is 9.10. The summed E-state index contributed by atoms with van der Waals surface area (Å²) in [7, 11) is 0. The van der Waals surface area contributed by atoms with Gasteiger partial charge in [-0.05, 0) is 5.41 Å². The Hall–Kier alpha value is -1.58. The van der Waals surface area contributed by atoms with Crippen LogP contribution in [0, 0.1) is 11.3 Å². The molecule has 4 nitrogen and oxygen atoms in total. The average Bonchev–Trinajstić information content (AvgIpc) is 2.00.